The first-order valence-corrected chi connectivity index (χ1v) is 11.5. The number of carbonyl (C=O) groups is 2. The molecule has 3 rings (SSSR count). The van der Waals surface area contributed by atoms with E-state index in [1.165, 1.54) is 0 Å². The molecule has 0 aliphatic carbocycles. The second-order valence-corrected chi connectivity index (χ2v) is 9.37. The number of benzene rings is 3. The van der Waals surface area contributed by atoms with Crippen molar-refractivity contribution in [3.8, 4) is 11.5 Å². The van der Waals surface area contributed by atoms with E-state index in [0.717, 1.165) is 15.5 Å². The Labute approximate surface area is 199 Å². The van der Waals surface area contributed by atoms with E-state index >= 15 is 0 Å². The van der Waals surface area contributed by atoms with Crippen molar-refractivity contribution in [2.45, 2.75) is 49.2 Å². The summed E-state index contributed by atoms with van der Waals surface area (Å²) in [5.74, 6) is 0.768. The number of carbonyl (C=O) groups excluding carboxylic acids is 2. The van der Waals surface area contributed by atoms with E-state index in [0.29, 0.717) is 16.9 Å². The number of ketones is 1. The van der Waals surface area contributed by atoms with Crippen LogP contribution in [0.25, 0.3) is 0 Å². The molecule has 0 aromatic heterocycles. The maximum absolute atomic E-state index is 12.9. The lowest BCUT2D eigenvalue weighted by Crippen LogP contribution is -2.40. The average molecular weight is 465 g/mol. The fraction of sp³-hybridized carbons (Fsp3) is 0.259. The summed E-state index contributed by atoms with van der Waals surface area (Å²) in [6, 6.07) is 22.1. The van der Waals surface area contributed by atoms with Crippen LogP contribution in [0, 0.1) is 0 Å². The number of ether oxygens (including phenoxy) is 3. The molecule has 6 heteroatoms. The number of methoxy groups -OCH3 is 1. The highest BCUT2D eigenvalue weighted by molar-refractivity contribution is 7.99. The van der Waals surface area contributed by atoms with E-state index in [-0.39, 0.29) is 11.9 Å². The van der Waals surface area contributed by atoms with E-state index in [4.69, 9.17) is 14.2 Å². The quantitative estimate of drug-likeness (QED) is 0.278. The van der Waals surface area contributed by atoms with Gasteiger partial charge in [-0.2, -0.15) is 0 Å². The van der Waals surface area contributed by atoms with E-state index in [1.807, 2.05) is 48.5 Å². The molecule has 3 aromatic carbocycles. The molecule has 0 radical (unpaired) electrons. The van der Waals surface area contributed by atoms with Gasteiger partial charge in [-0.3, -0.25) is 4.79 Å². The maximum Gasteiger partial charge on any atom is 0.350 e. The lowest BCUT2D eigenvalue weighted by atomic mass is 10.0. The molecule has 0 saturated heterocycles. The van der Waals surface area contributed by atoms with Crippen LogP contribution in [0.5, 0.6) is 11.5 Å². The van der Waals surface area contributed by atoms with Crippen molar-refractivity contribution >= 4 is 23.5 Å². The Bertz CT molecular complexity index is 1100. The van der Waals surface area contributed by atoms with Crippen LogP contribution in [0.4, 0.5) is 0 Å². The molecular formula is C27H28O5S. The summed E-state index contributed by atoms with van der Waals surface area (Å²) in [7, 11) is 1.64. The average Bonchev–Trinajstić information content (AvgIpc) is 2.79. The van der Waals surface area contributed by atoms with Crippen LogP contribution in [0.2, 0.25) is 0 Å². The molecule has 0 unspecified atom stereocenters. The minimum Gasteiger partial charge on any atom is -0.497 e. The van der Waals surface area contributed by atoms with Gasteiger partial charge in [0.05, 0.1) is 13.2 Å². The monoisotopic (exact) mass is 464 g/mol. The van der Waals surface area contributed by atoms with Gasteiger partial charge in [0, 0.05) is 20.9 Å². The van der Waals surface area contributed by atoms with Crippen LogP contribution in [-0.4, -0.2) is 30.6 Å². The lowest BCUT2D eigenvalue weighted by Gasteiger charge is -2.25. The highest BCUT2D eigenvalue weighted by Crippen LogP contribution is 2.30. The number of rotatable bonds is 9. The van der Waals surface area contributed by atoms with Gasteiger partial charge >= 0.3 is 5.97 Å². The second kappa shape index (κ2) is 10.6. The Morgan fingerprint density at radius 1 is 0.818 bits per heavy atom. The Balaban J connectivity index is 1.65. The fourth-order valence-corrected chi connectivity index (χ4v) is 3.87. The van der Waals surface area contributed by atoms with Gasteiger partial charge in [0.1, 0.15) is 11.5 Å². The standard InChI is InChI=1S/C27H28O5S/c1-18(2)31-26(29)27(3,4)32-21-13-9-19(10-14-21)25(28)20-11-15-23(16-12-20)33-24-8-6-7-22(17-24)30-5/h6-18H,1-5H3. The molecule has 0 fully saturated rings. The molecule has 0 heterocycles. The number of hydrogen-bond acceptors (Lipinski definition) is 6. The predicted molar refractivity (Wildman–Crippen MR) is 129 cm³/mol. The Hall–Kier alpha value is -3.25. The van der Waals surface area contributed by atoms with Crippen LogP contribution in [0.1, 0.15) is 43.6 Å². The van der Waals surface area contributed by atoms with E-state index < -0.39 is 11.6 Å². The molecule has 0 aliphatic rings. The molecule has 33 heavy (non-hydrogen) atoms. The summed E-state index contributed by atoms with van der Waals surface area (Å²) in [6.07, 6.45) is -0.222. The summed E-state index contributed by atoms with van der Waals surface area (Å²) in [5, 5.41) is 0. The zero-order valence-corrected chi connectivity index (χ0v) is 20.3. The molecule has 0 saturated carbocycles. The zero-order chi connectivity index (χ0) is 24.0. The summed E-state index contributed by atoms with van der Waals surface area (Å²) >= 11 is 1.60. The van der Waals surface area contributed by atoms with E-state index in [1.54, 1.807) is 70.8 Å². The van der Waals surface area contributed by atoms with Crippen LogP contribution in [0.15, 0.2) is 82.6 Å². The van der Waals surface area contributed by atoms with Crippen LogP contribution >= 0.6 is 11.8 Å². The largest absolute Gasteiger partial charge is 0.497 e. The summed E-state index contributed by atoms with van der Waals surface area (Å²) in [5.41, 5.74) is 0.00381. The first-order valence-electron chi connectivity index (χ1n) is 10.6. The summed E-state index contributed by atoms with van der Waals surface area (Å²) in [4.78, 5) is 27.2. The molecule has 0 atom stereocenters. The Morgan fingerprint density at radius 3 is 2.00 bits per heavy atom. The van der Waals surface area contributed by atoms with Crippen LogP contribution in [0.3, 0.4) is 0 Å². The van der Waals surface area contributed by atoms with Gasteiger partial charge in [0.25, 0.3) is 0 Å². The molecule has 5 nitrogen and oxygen atoms in total. The highest BCUT2D eigenvalue weighted by Gasteiger charge is 2.32. The fourth-order valence-electron chi connectivity index (χ4n) is 3.01. The third-order valence-corrected chi connectivity index (χ3v) is 5.71. The van der Waals surface area contributed by atoms with Crippen molar-refractivity contribution in [3.63, 3.8) is 0 Å². The zero-order valence-electron chi connectivity index (χ0n) is 19.5. The SMILES string of the molecule is COc1cccc(Sc2ccc(C(=O)c3ccc(OC(C)(C)C(=O)OC(C)C)cc3)cc2)c1. The van der Waals surface area contributed by atoms with Gasteiger partial charge in [-0.25, -0.2) is 4.79 Å². The minimum absolute atomic E-state index is 0.0852. The summed E-state index contributed by atoms with van der Waals surface area (Å²) in [6.45, 7) is 6.89. The molecule has 0 spiro atoms. The van der Waals surface area contributed by atoms with Crippen molar-refractivity contribution in [1.82, 2.24) is 0 Å². The first kappa shape index (κ1) is 24.4. The van der Waals surface area contributed by atoms with Gasteiger partial charge in [0.2, 0.25) is 0 Å². The van der Waals surface area contributed by atoms with Crippen LogP contribution < -0.4 is 9.47 Å². The number of hydrogen-bond donors (Lipinski definition) is 0. The van der Waals surface area contributed by atoms with E-state index in [9.17, 15) is 9.59 Å². The van der Waals surface area contributed by atoms with Gasteiger partial charge in [0.15, 0.2) is 11.4 Å². The van der Waals surface area contributed by atoms with Gasteiger partial charge < -0.3 is 14.2 Å². The molecule has 172 valence electrons. The normalized spacial score (nSPS) is 11.2. The topological polar surface area (TPSA) is 61.8 Å². The van der Waals surface area contributed by atoms with Gasteiger partial charge in [-0.05, 0) is 94.4 Å². The predicted octanol–water partition coefficient (Wildman–Crippen LogP) is 6.19. The third-order valence-electron chi connectivity index (χ3n) is 4.72. The van der Waals surface area contributed by atoms with Crippen molar-refractivity contribution in [3.05, 3.63) is 83.9 Å². The molecular weight excluding hydrogens is 436 g/mol. The summed E-state index contributed by atoms with van der Waals surface area (Å²) < 4.78 is 16.3. The minimum atomic E-state index is -1.13. The second-order valence-electron chi connectivity index (χ2n) is 8.23. The van der Waals surface area contributed by atoms with Crippen LogP contribution in [-0.2, 0) is 9.53 Å². The number of esters is 1. The van der Waals surface area contributed by atoms with Gasteiger partial charge in [-0.1, -0.05) is 17.8 Å². The molecule has 0 N–H and O–H groups in total. The van der Waals surface area contributed by atoms with Gasteiger partial charge in [-0.15, -0.1) is 0 Å². The third kappa shape index (κ3) is 6.62. The molecule has 0 bridgehead atoms. The smallest absolute Gasteiger partial charge is 0.350 e. The Kier molecular flexibility index (Phi) is 7.82. The molecule has 0 amide bonds. The highest BCUT2D eigenvalue weighted by atomic mass is 32.2. The lowest BCUT2D eigenvalue weighted by molar-refractivity contribution is -0.163. The molecule has 0 aliphatic heterocycles. The van der Waals surface area contributed by atoms with Crippen molar-refractivity contribution in [1.29, 1.82) is 0 Å². The Morgan fingerprint density at radius 2 is 1.42 bits per heavy atom. The molecule has 3 aromatic rings. The van der Waals surface area contributed by atoms with Crippen molar-refractivity contribution < 1.29 is 23.8 Å². The van der Waals surface area contributed by atoms with Crippen molar-refractivity contribution in [2.24, 2.45) is 0 Å². The maximum atomic E-state index is 12.9. The van der Waals surface area contributed by atoms with E-state index in [2.05, 4.69) is 0 Å². The first-order chi connectivity index (χ1) is 15.7. The van der Waals surface area contributed by atoms with Crippen molar-refractivity contribution in [2.75, 3.05) is 7.11 Å².